The Morgan fingerprint density at radius 2 is 1.27 bits per heavy atom. The predicted molar refractivity (Wildman–Crippen MR) is 135 cm³/mol. The molecule has 0 saturated heterocycles. The molecule has 0 unspecified atom stereocenters. The maximum Gasteiger partial charge on any atom is 0.336 e. The molecule has 0 radical (unpaired) electrons. The molecule has 4 nitrogen and oxygen atoms in total. The highest BCUT2D eigenvalue weighted by molar-refractivity contribution is 5.88. The second kappa shape index (κ2) is 10.3. The Hall–Kier alpha value is -4.31. The number of rotatable bonds is 7. The molecule has 4 N–H and O–H groups in total. The van der Waals surface area contributed by atoms with Crippen molar-refractivity contribution < 1.29 is 9.53 Å². The molecule has 0 aliphatic heterocycles. The molecule has 4 rings (SSSR count). The lowest BCUT2D eigenvalue weighted by molar-refractivity contribution is -0.128. The average Bonchev–Trinajstić information content (AvgIpc) is 2.84. The molecule has 4 heteroatoms. The minimum atomic E-state index is -0.409. The number of hydrogen-bond acceptors (Lipinski definition) is 4. The lowest BCUT2D eigenvalue weighted by atomic mass is 9.86. The van der Waals surface area contributed by atoms with Crippen molar-refractivity contribution in [3.05, 3.63) is 131 Å². The van der Waals surface area contributed by atoms with E-state index in [4.69, 9.17) is 16.2 Å². The normalized spacial score (nSPS) is 11.1. The van der Waals surface area contributed by atoms with Crippen LogP contribution < -0.4 is 16.2 Å². The summed E-state index contributed by atoms with van der Waals surface area (Å²) in [5, 5.41) is 0. The Balaban J connectivity index is 1.47. The van der Waals surface area contributed by atoms with Crippen LogP contribution in [0.2, 0.25) is 0 Å². The number of carbonyl (C=O) groups is 1. The van der Waals surface area contributed by atoms with E-state index in [9.17, 15) is 4.79 Å². The molecule has 4 aromatic rings. The molecular formula is C29H26N2O2. The molecule has 0 saturated carbocycles. The maximum absolute atomic E-state index is 12.1. The van der Waals surface area contributed by atoms with Crippen molar-refractivity contribution in [2.45, 2.75) is 12.3 Å². The van der Waals surface area contributed by atoms with Crippen LogP contribution in [0.15, 0.2) is 109 Å². The number of ether oxygens (including phenoxy) is 1. The molecule has 0 bridgehead atoms. The average molecular weight is 435 g/mol. The molecule has 0 aromatic heterocycles. The van der Waals surface area contributed by atoms with Gasteiger partial charge >= 0.3 is 5.97 Å². The Morgan fingerprint density at radius 3 is 1.82 bits per heavy atom. The molecule has 0 fully saturated rings. The lowest BCUT2D eigenvalue weighted by Crippen LogP contribution is -2.06. The summed E-state index contributed by atoms with van der Waals surface area (Å²) >= 11 is 0. The Kier molecular flexibility index (Phi) is 6.86. The molecule has 0 heterocycles. The van der Waals surface area contributed by atoms with E-state index in [0.717, 1.165) is 28.9 Å². The van der Waals surface area contributed by atoms with Gasteiger partial charge in [0.1, 0.15) is 5.75 Å². The number of hydrogen-bond donors (Lipinski definition) is 2. The van der Waals surface area contributed by atoms with Crippen molar-refractivity contribution in [2.24, 2.45) is 0 Å². The van der Waals surface area contributed by atoms with Gasteiger partial charge in [-0.2, -0.15) is 0 Å². The molecule has 0 amide bonds. The summed E-state index contributed by atoms with van der Waals surface area (Å²) in [6, 6.07) is 33.2. The van der Waals surface area contributed by atoms with Crippen LogP contribution in [0.25, 0.3) is 6.08 Å². The molecule has 4 aromatic carbocycles. The van der Waals surface area contributed by atoms with Crippen LogP contribution in [-0.4, -0.2) is 5.97 Å². The zero-order valence-corrected chi connectivity index (χ0v) is 18.2. The molecule has 0 aliphatic carbocycles. The smallest absolute Gasteiger partial charge is 0.336 e. The highest BCUT2D eigenvalue weighted by atomic mass is 16.5. The van der Waals surface area contributed by atoms with Crippen LogP contribution in [0, 0.1) is 0 Å². The summed E-state index contributed by atoms with van der Waals surface area (Å²) in [4.78, 5) is 12.1. The van der Waals surface area contributed by atoms with Gasteiger partial charge < -0.3 is 16.2 Å². The highest BCUT2D eigenvalue weighted by Crippen LogP contribution is 2.30. The quantitative estimate of drug-likeness (QED) is 0.166. The van der Waals surface area contributed by atoms with Crippen molar-refractivity contribution in [3.8, 4) is 5.75 Å². The fraction of sp³-hybridized carbons (Fsp3) is 0.0690. The van der Waals surface area contributed by atoms with Gasteiger partial charge in [-0.25, -0.2) is 4.79 Å². The first-order valence-corrected chi connectivity index (χ1v) is 10.8. The first-order valence-electron chi connectivity index (χ1n) is 10.8. The highest BCUT2D eigenvalue weighted by Gasteiger charge is 2.15. The van der Waals surface area contributed by atoms with Gasteiger partial charge in [0.15, 0.2) is 0 Å². The number of anilines is 2. The van der Waals surface area contributed by atoms with E-state index in [1.165, 1.54) is 17.2 Å². The number of nitrogen functional groups attached to an aromatic ring is 2. The van der Waals surface area contributed by atoms with E-state index in [0.29, 0.717) is 5.75 Å². The van der Waals surface area contributed by atoms with Gasteiger partial charge in [0.25, 0.3) is 0 Å². The zero-order chi connectivity index (χ0) is 23.0. The van der Waals surface area contributed by atoms with Crippen LogP contribution in [-0.2, 0) is 11.2 Å². The SMILES string of the molecule is Nc1ccc(C(Cc2ccc(OC(=O)C=Cc3ccccc3)cc2)c2ccc(N)cc2)cc1. The van der Waals surface area contributed by atoms with Crippen LogP contribution in [0.5, 0.6) is 5.75 Å². The van der Waals surface area contributed by atoms with Crippen LogP contribution in [0.3, 0.4) is 0 Å². The number of nitrogens with two attached hydrogens (primary N) is 2. The third kappa shape index (κ3) is 6.11. The summed E-state index contributed by atoms with van der Waals surface area (Å²) in [6.45, 7) is 0. The second-order valence-electron chi connectivity index (χ2n) is 7.90. The molecule has 0 spiro atoms. The van der Waals surface area contributed by atoms with Gasteiger partial charge in [-0.05, 0) is 71.1 Å². The summed E-state index contributed by atoms with van der Waals surface area (Å²) in [6.07, 6.45) is 3.96. The molecular weight excluding hydrogens is 408 g/mol. The van der Waals surface area contributed by atoms with E-state index in [1.54, 1.807) is 6.08 Å². The minimum Gasteiger partial charge on any atom is -0.423 e. The standard InChI is InChI=1S/C29H26N2O2/c30-25-13-9-23(10-14-25)28(24-11-15-26(31)16-12-24)20-22-6-17-27(18-7-22)33-29(32)19-8-21-4-2-1-3-5-21/h1-19,28H,20,30-31H2. The summed E-state index contributed by atoms with van der Waals surface area (Å²) in [7, 11) is 0. The van der Waals surface area contributed by atoms with Crippen molar-refractivity contribution in [3.63, 3.8) is 0 Å². The van der Waals surface area contributed by atoms with E-state index in [-0.39, 0.29) is 5.92 Å². The third-order valence-corrected chi connectivity index (χ3v) is 5.47. The molecule has 33 heavy (non-hydrogen) atoms. The van der Waals surface area contributed by atoms with Crippen LogP contribution >= 0.6 is 0 Å². The Bertz CT molecular complexity index is 1170. The monoisotopic (exact) mass is 434 g/mol. The topological polar surface area (TPSA) is 78.3 Å². The van der Waals surface area contributed by atoms with Gasteiger partial charge in [0, 0.05) is 23.4 Å². The first kappa shape index (κ1) is 21.9. The van der Waals surface area contributed by atoms with Gasteiger partial charge in [0.05, 0.1) is 0 Å². The van der Waals surface area contributed by atoms with Gasteiger partial charge in [0.2, 0.25) is 0 Å². The largest absolute Gasteiger partial charge is 0.423 e. The van der Waals surface area contributed by atoms with Crippen LogP contribution in [0.1, 0.15) is 28.2 Å². The van der Waals surface area contributed by atoms with Crippen molar-refractivity contribution >= 4 is 23.4 Å². The van der Waals surface area contributed by atoms with Gasteiger partial charge in [-0.15, -0.1) is 0 Å². The van der Waals surface area contributed by atoms with E-state index in [2.05, 4.69) is 24.3 Å². The van der Waals surface area contributed by atoms with E-state index < -0.39 is 5.97 Å². The minimum absolute atomic E-state index is 0.147. The molecule has 0 atom stereocenters. The van der Waals surface area contributed by atoms with Crippen molar-refractivity contribution in [1.82, 2.24) is 0 Å². The molecule has 0 aliphatic rings. The number of carbonyl (C=O) groups excluding carboxylic acids is 1. The van der Waals surface area contributed by atoms with Gasteiger partial charge in [-0.1, -0.05) is 66.7 Å². The van der Waals surface area contributed by atoms with Crippen LogP contribution in [0.4, 0.5) is 11.4 Å². The fourth-order valence-corrected chi connectivity index (χ4v) is 3.69. The summed E-state index contributed by atoms with van der Waals surface area (Å²) < 4.78 is 5.44. The fourth-order valence-electron chi connectivity index (χ4n) is 3.69. The summed E-state index contributed by atoms with van der Waals surface area (Å²) in [5.74, 6) is 0.250. The maximum atomic E-state index is 12.1. The van der Waals surface area contributed by atoms with Gasteiger partial charge in [-0.3, -0.25) is 0 Å². The first-order chi connectivity index (χ1) is 16.1. The van der Waals surface area contributed by atoms with Crippen molar-refractivity contribution in [1.29, 1.82) is 0 Å². The Labute approximate surface area is 194 Å². The summed E-state index contributed by atoms with van der Waals surface area (Å²) in [5.41, 5.74) is 17.7. The number of benzene rings is 4. The van der Waals surface area contributed by atoms with E-state index >= 15 is 0 Å². The second-order valence-corrected chi connectivity index (χ2v) is 7.90. The third-order valence-electron chi connectivity index (χ3n) is 5.47. The molecule has 164 valence electrons. The van der Waals surface area contributed by atoms with E-state index in [1.807, 2.05) is 78.9 Å². The predicted octanol–water partition coefficient (Wildman–Crippen LogP) is 5.84. The number of esters is 1. The zero-order valence-electron chi connectivity index (χ0n) is 18.2. The van der Waals surface area contributed by atoms with Crippen molar-refractivity contribution in [2.75, 3.05) is 11.5 Å². The lowest BCUT2D eigenvalue weighted by Gasteiger charge is -2.19. The Morgan fingerprint density at radius 1 is 0.727 bits per heavy atom.